The maximum absolute atomic E-state index is 12.3. The Morgan fingerprint density at radius 1 is 0.892 bits per heavy atom. The van der Waals surface area contributed by atoms with Gasteiger partial charge in [-0.1, -0.05) is 74.6 Å². The summed E-state index contributed by atoms with van der Waals surface area (Å²) in [6.07, 6.45) is 29.3. The zero-order chi connectivity index (χ0) is 27.1. The first-order valence-electron chi connectivity index (χ1n) is 13.5. The highest BCUT2D eigenvalue weighted by Gasteiger charge is 2.32. The van der Waals surface area contributed by atoms with Gasteiger partial charge < -0.3 is 9.64 Å². The van der Waals surface area contributed by atoms with E-state index in [1.54, 1.807) is 6.92 Å². The quantitative estimate of drug-likeness (QED) is 0.149. The first-order valence-corrected chi connectivity index (χ1v) is 13.5. The largest absolute Gasteiger partial charge is 0.456 e. The third-order valence-corrected chi connectivity index (χ3v) is 5.71. The number of imide groups is 1. The third-order valence-electron chi connectivity index (χ3n) is 5.71. The minimum atomic E-state index is -0.679. The maximum Gasteiger partial charge on any atom is 0.306 e. The van der Waals surface area contributed by atoms with E-state index in [9.17, 15) is 19.2 Å². The predicted molar refractivity (Wildman–Crippen MR) is 147 cm³/mol. The number of carbonyl (C=O) groups is 4. The fourth-order valence-corrected chi connectivity index (χ4v) is 3.75. The number of allylic oxidation sites excluding steroid dienone is 10. The van der Waals surface area contributed by atoms with Gasteiger partial charge in [-0.2, -0.15) is 0 Å². The first-order chi connectivity index (χ1) is 18.0. The van der Waals surface area contributed by atoms with E-state index in [0.717, 1.165) is 38.5 Å². The van der Waals surface area contributed by atoms with Crippen LogP contribution in [-0.2, 0) is 23.9 Å². The average molecular weight is 513 g/mol. The molecule has 1 saturated heterocycles. The molecule has 1 rings (SSSR count). The molecule has 0 bridgehead atoms. The van der Waals surface area contributed by atoms with Gasteiger partial charge in [0.1, 0.15) is 6.04 Å². The molecule has 3 amide bonds. The Hall–Kier alpha value is -3.22. The number of amides is 3. The number of esters is 1. The Morgan fingerprint density at radius 2 is 1.46 bits per heavy atom. The summed E-state index contributed by atoms with van der Waals surface area (Å²) in [5.74, 6) is -1.76. The van der Waals surface area contributed by atoms with Crippen molar-refractivity contribution in [3.63, 3.8) is 0 Å². The molecule has 0 unspecified atom stereocenters. The summed E-state index contributed by atoms with van der Waals surface area (Å²) in [5.41, 5.74) is 0. The van der Waals surface area contributed by atoms with E-state index in [1.165, 1.54) is 4.90 Å². The fourth-order valence-electron chi connectivity index (χ4n) is 3.75. The molecule has 0 spiro atoms. The summed E-state index contributed by atoms with van der Waals surface area (Å²) in [5, 5.41) is 2.23. The van der Waals surface area contributed by atoms with Crippen molar-refractivity contribution in [2.24, 2.45) is 0 Å². The normalized spacial score (nSPS) is 15.2. The molecule has 204 valence electrons. The molecule has 1 heterocycles. The maximum atomic E-state index is 12.3. The zero-order valence-corrected chi connectivity index (χ0v) is 22.5. The number of ether oxygens (including phenoxy) is 1. The standard InChI is InChI=1S/C30H44N2O5/c1-3-5-6-7-8-9-10-11-12-13-14-15-16-17-18-19-20-23-29(35)37-25-27(33)31-30(36)26(4-2)32-24-21-22-28(32)34/h5-6,8-9,11-12,14-15,17-18,26H,3-4,7,10,13,16,19-25H2,1-2H3,(H,31,33,36)/t26-/m0/s1. The summed E-state index contributed by atoms with van der Waals surface area (Å²) in [6.45, 7) is 3.94. The molecule has 1 atom stereocenters. The van der Waals surface area contributed by atoms with Crippen molar-refractivity contribution < 1.29 is 23.9 Å². The number of carbonyl (C=O) groups excluding carboxylic acids is 4. The van der Waals surface area contributed by atoms with E-state index < -0.39 is 30.4 Å². The number of unbranched alkanes of at least 4 members (excludes halogenated alkanes) is 1. The lowest BCUT2D eigenvalue weighted by Crippen LogP contribution is -2.49. The Balaban J connectivity index is 2.08. The highest BCUT2D eigenvalue weighted by molar-refractivity contribution is 6.00. The number of hydrogen-bond acceptors (Lipinski definition) is 5. The first kappa shape index (κ1) is 31.8. The molecule has 0 aromatic carbocycles. The van der Waals surface area contributed by atoms with Crippen LogP contribution in [-0.4, -0.2) is 47.8 Å². The van der Waals surface area contributed by atoms with Gasteiger partial charge >= 0.3 is 5.97 Å². The lowest BCUT2D eigenvalue weighted by molar-refractivity contribution is -0.150. The molecule has 0 saturated carbocycles. The van der Waals surface area contributed by atoms with Gasteiger partial charge in [-0.05, 0) is 57.8 Å². The molecule has 0 aliphatic carbocycles. The summed E-state index contributed by atoms with van der Waals surface area (Å²) >= 11 is 0. The second kappa shape index (κ2) is 20.9. The molecule has 37 heavy (non-hydrogen) atoms. The van der Waals surface area contributed by atoms with Crippen LogP contribution in [0.25, 0.3) is 0 Å². The number of likely N-dealkylation sites (tertiary alicyclic amines) is 1. The van der Waals surface area contributed by atoms with Crippen LogP contribution >= 0.6 is 0 Å². The van der Waals surface area contributed by atoms with E-state index >= 15 is 0 Å². The van der Waals surface area contributed by atoms with Gasteiger partial charge in [-0.3, -0.25) is 24.5 Å². The van der Waals surface area contributed by atoms with Crippen LogP contribution in [0.5, 0.6) is 0 Å². The Morgan fingerprint density at radius 3 is 1.97 bits per heavy atom. The topological polar surface area (TPSA) is 92.8 Å². The highest BCUT2D eigenvalue weighted by Crippen LogP contribution is 2.15. The van der Waals surface area contributed by atoms with Gasteiger partial charge in [-0.25, -0.2) is 0 Å². The van der Waals surface area contributed by atoms with E-state index in [-0.39, 0.29) is 12.3 Å². The SMILES string of the molecule is CCC=CCC=CCC=CCC=CCC=CCCCC(=O)OCC(=O)NC(=O)[C@H](CC)N1CCCC1=O. The Bertz CT molecular complexity index is 854. The van der Waals surface area contributed by atoms with E-state index in [0.29, 0.717) is 32.2 Å². The van der Waals surface area contributed by atoms with Crippen molar-refractivity contribution in [1.29, 1.82) is 0 Å². The van der Waals surface area contributed by atoms with Crippen LogP contribution < -0.4 is 5.32 Å². The summed E-state index contributed by atoms with van der Waals surface area (Å²) in [6, 6.07) is -0.668. The number of nitrogens with zero attached hydrogens (tertiary/aromatic N) is 1. The Labute approximate surface area is 222 Å². The summed E-state index contributed by atoms with van der Waals surface area (Å²) in [4.78, 5) is 49.5. The fraction of sp³-hybridized carbons (Fsp3) is 0.533. The van der Waals surface area contributed by atoms with E-state index in [4.69, 9.17) is 4.74 Å². The van der Waals surface area contributed by atoms with Gasteiger partial charge in [0.25, 0.3) is 5.91 Å². The molecular formula is C30H44N2O5. The average Bonchev–Trinajstić information content (AvgIpc) is 3.30. The lowest BCUT2D eigenvalue weighted by atomic mass is 10.2. The van der Waals surface area contributed by atoms with Crippen LogP contribution in [0, 0.1) is 0 Å². The van der Waals surface area contributed by atoms with Crippen molar-refractivity contribution in [3.05, 3.63) is 60.8 Å². The molecule has 0 aromatic heterocycles. The van der Waals surface area contributed by atoms with Crippen LogP contribution in [0.1, 0.15) is 84.5 Å². The van der Waals surface area contributed by atoms with Crippen molar-refractivity contribution in [2.75, 3.05) is 13.2 Å². The van der Waals surface area contributed by atoms with E-state index in [1.807, 2.05) is 6.08 Å². The second-order valence-corrected chi connectivity index (χ2v) is 8.79. The smallest absolute Gasteiger partial charge is 0.306 e. The molecule has 7 nitrogen and oxygen atoms in total. The molecule has 0 radical (unpaired) electrons. The van der Waals surface area contributed by atoms with E-state index in [2.05, 4.69) is 66.9 Å². The molecule has 7 heteroatoms. The molecule has 0 aromatic rings. The number of rotatable bonds is 18. The highest BCUT2D eigenvalue weighted by atomic mass is 16.5. The molecule has 1 aliphatic rings. The van der Waals surface area contributed by atoms with Crippen LogP contribution in [0.3, 0.4) is 0 Å². The molecule has 1 aliphatic heterocycles. The second-order valence-electron chi connectivity index (χ2n) is 8.79. The molecule has 1 fully saturated rings. The van der Waals surface area contributed by atoms with Gasteiger partial charge in [0, 0.05) is 19.4 Å². The minimum Gasteiger partial charge on any atom is -0.456 e. The van der Waals surface area contributed by atoms with Crippen LogP contribution in [0.4, 0.5) is 0 Å². The molecular weight excluding hydrogens is 468 g/mol. The molecule has 1 N–H and O–H groups in total. The summed E-state index contributed by atoms with van der Waals surface area (Å²) < 4.78 is 4.96. The predicted octanol–water partition coefficient (Wildman–Crippen LogP) is 5.50. The minimum absolute atomic E-state index is 0.0756. The summed E-state index contributed by atoms with van der Waals surface area (Å²) in [7, 11) is 0. The van der Waals surface area contributed by atoms with Gasteiger partial charge in [0.05, 0.1) is 0 Å². The number of hydrogen-bond donors (Lipinski definition) is 1. The van der Waals surface area contributed by atoms with Gasteiger partial charge in [-0.15, -0.1) is 0 Å². The van der Waals surface area contributed by atoms with Crippen molar-refractivity contribution in [1.82, 2.24) is 10.2 Å². The van der Waals surface area contributed by atoms with Gasteiger partial charge in [0.2, 0.25) is 11.8 Å². The monoisotopic (exact) mass is 512 g/mol. The lowest BCUT2D eigenvalue weighted by Gasteiger charge is -2.25. The van der Waals surface area contributed by atoms with Crippen molar-refractivity contribution in [2.45, 2.75) is 90.5 Å². The van der Waals surface area contributed by atoms with Crippen molar-refractivity contribution >= 4 is 23.7 Å². The van der Waals surface area contributed by atoms with Gasteiger partial charge in [0.15, 0.2) is 6.61 Å². The van der Waals surface area contributed by atoms with Crippen LogP contribution in [0.15, 0.2) is 60.8 Å². The van der Waals surface area contributed by atoms with Crippen LogP contribution in [0.2, 0.25) is 0 Å². The number of nitrogens with one attached hydrogen (secondary N) is 1. The Kier molecular flexibility index (Phi) is 18.0. The zero-order valence-electron chi connectivity index (χ0n) is 22.5. The van der Waals surface area contributed by atoms with Crippen molar-refractivity contribution in [3.8, 4) is 0 Å². The third kappa shape index (κ3) is 15.5.